The second-order valence-corrected chi connectivity index (χ2v) is 10.0. The van der Waals surface area contributed by atoms with Gasteiger partial charge in [0, 0.05) is 26.3 Å². The maximum atomic E-state index is 14.0. The van der Waals surface area contributed by atoms with Crippen LogP contribution in [0.3, 0.4) is 0 Å². The zero-order valence-corrected chi connectivity index (χ0v) is 18.7. The van der Waals surface area contributed by atoms with Gasteiger partial charge in [0.2, 0.25) is 10.0 Å². The normalized spacial score (nSPS) is 19.1. The fraction of sp³-hybridized carbons (Fsp3) is 0.526. The van der Waals surface area contributed by atoms with Crippen LogP contribution in [0.4, 0.5) is 13.2 Å². The van der Waals surface area contributed by atoms with E-state index >= 15 is 0 Å². The highest BCUT2D eigenvalue weighted by molar-refractivity contribution is 7.89. The number of hydrogen-bond donors (Lipinski definition) is 1. The van der Waals surface area contributed by atoms with Gasteiger partial charge in [0.1, 0.15) is 11.0 Å². The topological polar surface area (TPSA) is 84.7 Å². The first-order valence-electron chi connectivity index (χ1n) is 9.53. The van der Waals surface area contributed by atoms with E-state index in [1.807, 2.05) is 0 Å². The minimum atomic E-state index is -4.80. The second kappa shape index (κ2) is 8.70. The Morgan fingerprint density at radius 2 is 2.00 bits per heavy atom. The van der Waals surface area contributed by atoms with Gasteiger partial charge in [-0.15, -0.1) is 0 Å². The SMILES string of the molecule is Cc1nn(C2CCCCO2)c(C(F)(F)F)c1C(O)c1ccc(S(=O)(=O)N(C)C)c(Cl)c1. The molecule has 31 heavy (non-hydrogen) atoms. The van der Waals surface area contributed by atoms with Crippen molar-refractivity contribution in [1.82, 2.24) is 14.1 Å². The molecule has 7 nitrogen and oxygen atoms in total. The summed E-state index contributed by atoms with van der Waals surface area (Å²) in [6.45, 7) is 1.70. The summed E-state index contributed by atoms with van der Waals surface area (Å²) < 4.78 is 73.9. The van der Waals surface area contributed by atoms with Gasteiger partial charge in [0.05, 0.1) is 10.7 Å². The van der Waals surface area contributed by atoms with E-state index in [4.69, 9.17) is 16.3 Å². The van der Waals surface area contributed by atoms with Crippen molar-refractivity contribution in [3.63, 3.8) is 0 Å². The number of aliphatic hydroxyl groups is 1. The molecular formula is C19H23ClF3N3O4S. The van der Waals surface area contributed by atoms with E-state index < -0.39 is 39.8 Å². The summed E-state index contributed by atoms with van der Waals surface area (Å²) in [6.07, 6.45) is -5.55. The van der Waals surface area contributed by atoms with Crippen LogP contribution in [0.25, 0.3) is 0 Å². The third-order valence-corrected chi connectivity index (χ3v) is 7.43. The van der Waals surface area contributed by atoms with Gasteiger partial charge in [0.15, 0.2) is 11.9 Å². The van der Waals surface area contributed by atoms with Crippen LogP contribution in [-0.4, -0.2) is 48.3 Å². The van der Waals surface area contributed by atoms with Crippen molar-refractivity contribution >= 4 is 21.6 Å². The molecule has 1 aromatic carbocycles. The van der Waals surface area contributed by atoms with Gasteiger partial charge >= 0.3 is 6.18 Å². The van der Waals surface area contributed by atoms with Gasteiger partial charge in [-0.05, 0) is 43.9 Å². The van der Waals surface area contributed by atoms with E-state index in [-0.39, 0.29) is 21.2 Å². The quantitative estimate of drug-likeness (QED) is 0.700. The molecule has 2 atom stereocenters. The van der Waals surface area contributed by atoms with Gasteiger partial charge in [0.25, 0.3) is 0 Å². The fourth-order valence-electron chi connectivity index (χ4n) is 3.55. The Morgan fingerprint density at radius 1 is 1.32 bits per heavy atom. The summed E-state index contributed by atoms with van der Waals surface area (Å²) in [5, 5.41) is 14.7. The predicted octanol–water partition coefficient (Wildman–Crippen LogP) is 3.89. The zero-order chi connectivity index (χ0) is 23.1. The van der Waals surface area contributed by atoms with Crippen LogP contribution in [0.2, 0.25) is 5.02 Å². The number of aryl methyl sites for hydroxylation is 1. The smallest absolute Gasteiger partial charge is 0.384 e. The molecule has 2 unspecified atom stereocenters. The van der Waals surface area contributed by atoms with E-state index in [0.717, 1.165) is 27.5 Å². The number of ether oxygens (including phenoxy) is 1. The second-order valence-electron chi connectivity index (χ2n) is 7.49. The first-order valence-corrected chi connectivity index (χ1v) is 11.4. The third kappa shape index (κ3) is 4.61. The lowest BCUT2D eigenvalue weighted by Crippen LogP contribution is -2.25. The highest BCUT2D eigenvalue weighted by Crippen LogP contribution is 2.41. The average Bonchev–Trinajstić information content (AvgIpc) is 3.05. The Bertz CT molecular complexity index is 1060. The molecule has 2 aromatic rings. The molecule has 2 heterocycles. The average molecular weight is 482 g/mol. The largest absolute Gasteiger partial charge is 0.433 e. The van der Waals surface area contributed by atoms with E-state index in [1.165, 1.54) is 27.1 Å². The van der Waals surface area contributed by atoms with Gasteiger partial charge in [-0.3, -0.25) is 0 Å². The molecule has 1 saturated heterocycles. The summed E-state index contributed by atoms with van der Waals surface area (Å²) in [7, 11) is -1.20. The molecule has 172 valence electrons. The van der Waals surface area contributed by atoms with Crippen LogP contribution >= 0.6 is 11.6 Å². The molecule has 1 aliphatic rings. The number of benzene rings is 1. The van der Waals surface area contributed by atoms with Crippen molar-refractivity contribution in [3.05, 3.63) is 45.7 Å². The van der Waals surface area contributed by atoms with E-state index in [1.54, 1.807) is 0 Å². The van der Waals surface area contributed by atoms with Gasteiger partial charge in [-0.1, -0.05) is 17.7 Å². The molecule has 3 rings (SSSR count). The molecule has 1 aromatic heterocycles. The maximum absolute atomic E-state index is 14.0. The molecule has 0 amide bonds. The highest BCUT2D eigenvalue weighted by atomic mass is 35.5. The lowest BCUT2D eigenvalue weighted by molar-refractivity contribution is -0.153. The Morgan fingerprint density at radius 3 is 2.52 bits per heavy atom. The summed E-state index contributed by atoms with van der Waals surface area (Å²) >= 11 is 6.11. The molecule has 1 N–H and O–H groups in total. The van der Waals surface area contributed by atoms with Crippen molar-refractivity contribution in [2.45, 2.75) is 49.6 Å². The lowest BCUT2D eigenvalue weighted by atomic mass is 9.99. The number of hydrogen-bond acceptors (Lipinski definition) is 5. The first-order chi connectivity index (χ1) is 14.4. The summed E-state index contributed by atoms with van der Waals surface area (Å²) in [4.78, 5) is -0.214. The summed E-state index contributed by atoms with van der Waals surface area (Å²) in [5.74, 6) is 0. The number of nitrogens with zero attached hydrogens (tertiary/aromatic N) is 3. The summed E-state index contributed by atoms with van der Waals surface area (Å²) in [6, 6.07) is 3.55. The Balaban J connectivity index is 2.08. The van der Waals surface area contributed by atoms with E-state index in [0.29, 0.717) is 19.4 Å². The van der Waals surface area contributed by atoms with Crippen LogP contribution in [0, 0.1) is 6.92 Å². The molecular weight excluding hydrogens is 459 g/mol. The molecule has 0 aliphatic carbocycles. The molecule has 0 saturated carbocycles. The molecule has 1 aliphatic heterocycles. The van der Waals surface area contributed by atoms with Crippen LogP contribution in [0.15, 0.2) is 23.1 Å². The van der Waals surface area contributed by atoms with Crippen molar-refractivity contribution in [2.75, 3.05) is 20.7 Å². The Hall–Kier alpha value is -1.66. The maximum Gasteiger partial charge on any atom is 0.433 e. The zero-order valence-electron chi connectivity index (χ0n) is 17.1. The van der Waals surface area contributed by atoms with E-state index in [9.17, 15) is 26.7 Å². The lowest BCUT2D eigenvalue weighted by Gasteiger charge is -2.25. The molecule has 0 spiro atoms. The number of rotatable bonds is 5. The predicted molar refractivity (Wildman–Crippen MR) is 107 cm³/mol. The molecule has 0 bridgehead atoms. The van der Waals surface area contributed by atoms with Gasteiger partial charge in [-0.2, -0.15) is 18.3 Å². The fourth-order valence-corrected chi connectivity index (χ4v) is 4.98. The minimum Gasteiger partial charge on any atom is -0.384 e. The minimum absolute atomic E-state index is 0.00453. The number of aliphatic hydroxyl groups excluding tert-OH is 1. The monoisotopic (exact) mass is 481 g/mol. The van der Waals surface area contributed by atoms with Gasteiger partial charge < -0.3 is 9.84 Å². The molecule has 0 radical (unpaired) electrons. The van der Waals surface area contributed by atoms with E-state index in [2.05, 4.69) is 5.10 Å². The Labute approximate surface area is 183 Å². The first kappa shape index (κ1) is 24.0. The van der Waals surface area contributed by atoms with Crippen LogP contribution in [0.5, 0.6) is 0 Å². The van der Waals surface area contributed by atoms with Crippen LogP contribution in [0.1, 0.15) is 54.1 Å². The van der Waals surface area contributed by atoms with Crippen LogP contribution in [-0.2, 0) is 20.9 Å². The molecule has 1 fully saturated rings. The summed E-state index contributed by atoms with van der Waals surface area (Å²) in [5.41, 5.74) is -1.50. The van der Waals surface area contributed by atoms with Crippen molar-refractivity contribution in [2.24, 2.45) is 0 Å². The number of sulfonamides is 1. The number of halogens is 4. The van der Waals surface area contributed by atoms with Crippen LogP contribution < -0.4 is 0 Å². The van der Waals surface area contributed by atoms with Crippen molar-refractivity contribution in [1.29, 1.82) is 0 Å². The number of aromatic nitrogens is 2. The Kier molecular flexibility index (Phi) is 6.73. The standard InChI is InChI=1S/C19H23ClF3N3O4S/c1-11-16(18(19(21,22)23)26(24-11)15-6-4-5-9-30-15)17(27)12-7-8-14(13(20)10-12)31(28,29)25(2)3/h7-8,10,15,17,27H,4-6,9H2,1-3H3. The molecule has 12 heteroatoms. The highest BCUT2D eigenvalue weighted by Gasteiger charge is 2.43. The number of alkyl halides is 3. The van der Waals surface area contributed by atoms with Gasteiger partial charge in [-0.25, -0.2) is 17.4 Å². The van der Waals surface area contributed by atoms with Crippen molar-refractivity contribution < 1.29 is 31.4 Å². The third-order valence-electron chi connectivity index (χ3n) is 5.13. The van der Waals surface area contributed by atoms with Crippen molar-refractivity contribution in [3.8, 4) is 0 Å².